The molecule has 1 fully saturated rings. The quantitative estimate of drug-likeness (QED) is 0.848. The highest BCUT2D eigenvalue weighted by molar-refractivity contribution is 6.30. The van der Waals surface area contributed by atoms with Crippen LogP contribution in [0.1, 0.15) is 10.4 Å². The van der Waals surface area contributed by atoms with Crippen LogP contribution >= 0.6 is 11.6 Å². The van der Waals surface area contributed by atoms with Crippen LogP contribution in [-0.2, 0) is 4.74 Å². The lowest BCUT2D eigenvalue weighted by molar-refractivity contribution is 0.0780. The maximum atomic E-state index is 11.9. The Morgan fingerprint density at radius 2 is 2.12 bits per heavy atom. The van der Waals surface area contributed by atoms with E-state index >= 15 is 0 Å². The van der Waals surface area contributed by atoms with Gasteiger partial charge in [0.15, 0.2) is 0 Å². The van der Waals surface area contributed by atoms with Crippen molar-refractivity contribution < 1.29 is 9.53 Å². The second kappa shape index (κ2) is 5.49. The number of amides is 1. The molecule has 1 aromatic carbocycles. The number of methoxy groups -OCH3 is 1. The van der Waals surface area contributed by atoms with E-state index in [2.05, 4.69) is 10.6 Å². The zero-order valence-corrected chi connectivity index (χ0v) is 10.3. The molecule has 0 aromatic heterocycles. The summed E-state index contributed by atoms with van der Waals surface area (Å²) in [4.78, 5) is 11.9. The van der Waals surface area contributed by atoms with Gasteiger partial charge in [-0.25, -0.2) is 0 Å². The predicted octanol–water partition coefficient (Wildman–Crippen LogP) is 1.06. The summed E-state index contributed by atoms with van der Waals surface area (Å²) in [6.07, 6.45) is 0.0336. The van der Waals surface area contributed by atoms with Gasteiger partial charge in [-0.15, -0.1) is 0 Å². The molecule has 1 aromatic rings. The molecular weight excluding hydrogens is 240 g/mol. The van der Waals surface area contributed by atoms with E-state index in [9.17, 15) is 4.79 Å². The van der Waals surface area contributed by atoms with Crippen molar-refractivity contribution in [3.8, 4) is 0 Å². The van der Waals surface area contributed by atoms with E-state index in [0.717, 1.165) is 13.1 Å². The average Bonchev–Trinajstić information content (AvgIpc) is 2.77. The molecule has 0 bridgehead atoms. The van der Waals surface area contributed by atoms with Gasteiger partial charge in [0.2, 0.25) is 0 Å². The minimum absolute atomic E-state index is 0.0168. The number of carbonyl (C=O) groups excluding carboxylic acids is 1. The van der Waals surface area contributed by atoms with Crippen LogP contribution in [0.5, 0.6) is 0 Å². The molecule has 2 N–H and O–H groups in total. The molecule has 1 heterocycles. The summed E-state index contributed by atoms with van der Waals surface area (Å²) < 4.78 is 5.28. The summed E-state index contributed by atoms with van der Waals surface area (Å²) in [5.74, 6) is -0.0996. The Morgan fingerprint density at radius 3 is 2.76 bits per heavy atom. The molecule has 2 rings (SSSR count). The first-order chi connectivity index (χ1) is 8.20. The largest absolute Gasteiger partial charge is 0.378 e. The third kappa shape index (κ3) is 2.97. The summed E-state index contributed by atoms with van der Waals surface area (Å²) in [5, 5.41) is 6.75. The SMILES string of the molecule is CO[C@H]1CNCC1NC(=O)c1ccc(Cl)cc1. The number of nitrogens with one attached hydrogen (secondary N) is 2. The van der Waals surface area contributed by atoms with E-state index in [0.29, 0.717) is 10.6 Å². The maximum absolute atomic E-state index is 11.9. The van der Waals surface area contributed by atoms with Crippen LogP contribution in [0, 0.1) is 0 Å². The van der Waals surface area contributed by atoms with Crippen molar-refractivity contribution in [3.63, 3.8) is 0 Å². The van der Waals surface area contributed by atoms with Crippen molar-refractivity contribution in [2.24, 2.45) is 0 Å². The fraction of sp³-hybridized carbons (Fsp3) is 0.417. The lowest BCUT2D eigenvalue weighted by Gasteiger charge is -2.18. The predicted molar refractivity (Wildman–Crippen MR) is 66.4 cm³/mol. The van der Waals surface area contributed by atoms with Gasteiger partial charge in [-0.1, -0.05) is 11.6 Å². The molecule has 0 saturated carbocycles. The first-order valence-corrected chi connectivity index (χ1v) is 5.88. The first-order valence-electron chi connectivity index (χ1n) is 5.50. The summed E-state index contributed by atoms with van der Waals surface area (Å²) in [5.41, 5.74) is 0.608. The Hall–Kier alpha value is -1.10. The van der Waals surface area contributed by atoms with E-state index in [4.69, 9.17) is 16.3 Å². The lowest BCUT2D eigenvalue weighted by atomic mass is 10.1. The highest BCUT2D eigenvalue weighted by Gasteiger charge is 2.28. The molecular formula is C12H15ClN2O2. The molecule has 1 amide bonds. The van der Waals surface area contributed by atoms with Crippen LogP contribution in [0.3, 0.4) is 0 Å². The second-order valence-electron chi connectivity index (χ2n) is 4.02. The van der Waals surface area contributed by atoms with Gasteiger partial charge in [-0.3, -0.25) is 4.79 Å². The Labute approximate surface area is 105 Å². The third-order valence-electron chi connectivity index (χ3n) is 2.88. The molecule has 0 spiro atoms. The van der Waals surface area contributed by atoms with Gasteiger partial charge in [0.25, 0.3) is 5.91 Å². The van der Waals surface area contributed by atoms with Crippen molar-refractivity contribution in [2.75, 3.05) is 20.2 Å². The van der Waals surface area contributed by atoms with Gasteiger partial charge in [0.05, 0.1) is 12.1 Å². The maximum Gasteiger partial charge on any atom is 0.251 e. The summed E-state index contributed by atoms with van der Waals surface area (Å²) in [7, 11) is 1.65. The van der Waals surface area contributed by atoms with E-state index in [1.807, 2.05) is 0 Å². The fourth-order valence-corrected chi connectivity index (χ4v) is 2.03. The molecule has 5 heteroatoms. The highest BCUT2D eigenvalue weighted by Crippen LogP contribution is 2.10. The molecule has 92 valence electrons. The van der Waals surface area contributed by atoms with Gasteiger partial charge in [-0.05, 0) is 24.3 Å². The van der Waals surface area contributed by atoms with Crippen LogP contribution < -0.4 is 10.6 Å². The Morgan fingerprint density at radius 1 is 1.41 bits per heavy atom. The van der Waals surface area contributed by atoms with E-state index in [1.54, 1.807) is 31.4 Å². The molecule has 1 unspecified atom stereocenters. The number of rotatable bonds is 3. The number of benzene rings is 1. The van der Waals surface area contributed by atoms with Crippen LogP contribution in [0.25, 0.3) is 0 Å². The molecule has 17 heavy (non-hydrogen) atoms. The summed E-state index contributed by atoms with van der Waals surface area (Å²) in [6, 6.07) is 6.85. The number of carbonyl (C=O) groups is 1. The smallest absolute Gasteiger partial charge is 0.251 e. The van der Waals surface area contributed by atoms with Crippen LogP contribution in [0.4, 0.5) is 0 Å². The second-order valence-corrected chi connectivity index (χ2v) is 4.46. The number of hydrogen-bond donors (Lipinski definition) is 2. The van der Waals surface area contributed by atoms with Crippen molar-refractivity contribution in [2.45, 2.75) is 12.1 Å². The molecule has 1 aliphatic heterocycles. The molecule has 1 aliphatic rings. The van der Waals surface area contributed by atoms with Crippen LogP contribution in [-0.4, -0.2) is 38.3 Å². The molecule has 2 atom stereocenters. The Balaban J connectivity index is 1.99. The van der Waals surface area contributed by atoms with Gasteiger partial charge in [-0.2, -0.15) is 0 Å². The van der Waals surface area contributed by atoms with Crippen molar-refractivity contribution >= 4 is 17.5 Å². The summed E-state index contributed by atoms with van der Waals surface area (Å²) in [6.45, 7) is 1.50. The summed E-state index contributed by atoms with van der Waals surface area (Å²) >= 11 is 5.77. The van der Waals surface area contributed by atoms with Gasteiger partial charge in [0, 0.05) is 30.8 Å². The Kier molecular flexibility index (Phi) is 3.99. The van der Waals surface area contributed by atoms with Gasteiger partial charge < -0.3 is 15.4 Å². The normalized spacial score (nSPS) is 23.6. The van der Waals surface area contributed by atoms with Crippen molar-refractivity contribution in [1.29, 1.82) is 0 Å². The average molecular weight is 255 g/mol. The third-order valence-corrected chi connectivity index (χ3v) is 3.14. The van der Waals surface area contributed by atoms with Crippen molar-refractivity contribution in [1.82, 2.24) is 10.6 Å². The van der Waals surface area contributed by atoms with Crippen LogP contribution in [0.15, 0.2) is 24.3 Å². The van der Waals surface area contributed by atoms with Gasteiger partial charge >= 0.3 is 0 Å². The molecule has 1 saturated heterocycles. The van der Waals surface area contributed by atoms with E-state index in [-0.39, 0.29) is 18.1 Å². The fourth-order valence-electron chi connectivity index (χ4n) is 1.90. The first kappa shape index (κ1) is 12.4. The number of halogens is 1. The lowest BCUT2D eigenvalue weighted by Crippen LogP contribution is -2.43. The van der Waals surface area contributed by atoms with Crippen molar-refractivity contribution in [3.05, 3.63) is 34.9 Å². The zero-order valence-electron chi connectivity index (χ0n) is 9.57. The van der Waals surface area contributed by atoms with Crippen LogP contribution in [0.2, 0.25) is 5.02 Å². The topological polar surface area (TPSA) is 50.4 Å². The zero-order chi connectivity index (χ0) is 12.3. The monoisotopic (exact) mass is 254 g/mol. The minimum atomic E-state index is -0.0996. The van der Waals surface area contributed by atoms with Gasteiger partial charge in [0.1, 0.15) is 0 Å². The highest BCUT2D eigenvalue weighted by atomic mass is 35.5. The van der Waals surface area contributed by atoms with E-state index in [1.165, 1.54) is 0 Å². The standard InChI is InChI=1S/C12H15ClN2O2/c1-17-11-7-14-6-10(11)15-12(16)8-2-4-9(13)5-3-8/h2-5,10-11,14H,6-7H2,1H3,(H,15,16)/t10?,11-/m0/s1. The minimum Gasteiger partial charge on any atom is -0.378 e. The number of hydrogen-bond acceptors (Lipinski definition) is 3. The Bertz CT molecular complexity index is 394. The van der Waals surface area contributed by atoms with E-state index < -0.39 is 0 Å². The number of ether oxygens (including phenoxy) is 1. The molecule has 0 radical (unpaired) electrons. The molecule has 0 aliphatic carbocycles. The molecule has 4 nitrogen and oxygen atoms in total.